The van der Waals surface area contributed by atoms with E-state index in [1.165, 1.54) is 18.2 Å². The maximum Gasteiger partial charge on any atom is 0.328 e. The number of nitrogens with zero attached hydrogens (tertiary/aromatic N) is 1. The molecular weight excluding hydrogens is 302 g/mol. The third-order valence-electron chi connectivity index (χ3n) is 3.27. The lowest BCUT2D eigenvalue weighted by Crippen LogP contribution is -2.51. The largest absolute Gasteiger partial charge is 0.328 e. The number of allylic oxidation sites excluding steroid dienone is 2. The van der Waals surface area contributed by atoms with Gasteiger partial charge in [0.15, 0.2) is 0 Å². The average Bonchev–Trinajstić information content (AvgIpc) is 2.75. The van der Waals surface area contributed by atoms with Crippen LogP contribution in [0.15, 0.2) is 48.2 Å². The summed E-state index contributed by atoms with van der Waals surface area (Å²) >= 11 is 0. The first-order valence-corrected chi connectivity index (χ1v) is 6.51. The fourth-order valence-electron chi connectivity index (χ4n) is 2.20. The highest BCUT2D eigenvalue weighted by Gasteiger charge is 2.33. The number of barbiturate groups is 1. The van der Waals surface area contributed by atoms with E-state index in [4.69, 9.17) is 0 Å². The molecule has 1 aromatic rings. The zero-order valence-corrected chi connectivity index (χ0v) is 11.5. The van der Waals surface area contributed by atoms with E-state index in [1.54, 1.807) is 12.1 Å². The highest BCUT2D eigenvalue weighted by Crippen LogP contribution is 2.22. The van der Waals surface area contributed by atoms with Crippen LogP contribution in [-0.2, 0) is 9.59 Å². The lowest BCUT2D eigenvalue weighted by molar-refractivity contribution is -0.124. The number of nitrogens with one attached hydrogen (secondary N) is 2. The molecule has 6 amide bonds. The molecule has 0 radical (unpaired) electrons. The molecule has 1 aromatic carbocycles. The van der Waals surface area contributed by atoms with Crippen LogP contribution in [0.4, 0.5) is 4.79 Å². The standard InChI is InChI=1S/C15H9N3O5/c19-11-10(12(20)17-15(23)16-11)6-3-7-18-13(21)8-4-1-2-5-9(8)14(18)22/h1-7H,(H2,16,17,19,20,23)/b7-3+. The fourth-order valence-corrected chi connectivity index (χ4v) is 2.20. The van der Waals surface area contributed by atoms with Crippen LogP contribution in [0.2, 0.25) is 0 Å². The maximum absolute atomic E-state index is 12.1. The van der Waals surface area contributed by atoms with Gasteiger partial charge in [0, 0.05) is 6.20 Å². The first-order chi connectivity index (χ1) is 11.0. The Bertz CT molecular complexity index is 780. The molecule has 2 aliphatic heterocycles. The number of hydrogen-bond donors (Lipinski definition) is 2. The van der Waals surface area contributed by atoms with Crippen LogP contribution >= 0.6 is 0 Å². The van der Waals surface area contributed by atoms with Gasteiger partial charge in [-0.1, -0.05) is 12.1 Å². The quantitative estimate of drug-likeness (QED) is 0.456. The molecule has 0 spiro atoms. The summed E-state index contributed by atoms with van der Waals surface area (Å²) < 4.78 is 0. The summed E-state index contributed by atoms with van der Waals surface area (Å²) in [4.78, 5) is 59.0. The van der Waals surface area contributed by atoms with Crippen molar-refractivity contribution in [1.82, 2.24) is 15.5 Å². The summed E-state index contributed by atoms with van der Waals surface area (Å²) in [5.74, 6) is -2.70. The van der Waals surface area contributed by atoms with Crippen molar-refractivity contribution in [2.24, 2.45) is 0 Å². The van der Waals surface area contributed by atoms with E-state index in [2.05, 4.69) is 0 Å². The van der Waals surface area contributed by atoms with Gasteiger partial charge in [-0.3, -0.25) is 29.8 Å². The van der Waals surface area contributed by atoms with Crippen LogP contribution in [0, 0.1) is 0 Å². The van der Waals surface area contributed by atoms with Gasteiger partial charge in [0.2, 0.25) is 0 Å². The summed E-state index contributed by atoms with van der Waals surface area (Å²) in [5.41, 5.74) is 0.263. The van der Waals surface area contributed by atoms with Crippen molar-refractivity contribution in [3.63, 3.8) is 0 Å². The van der Waals surface area contributed by atoms with Gasteiger partial charge < -0.3 is 0 Å². The first-order valence-electron chi connectivity index (χ1n) is 6.51. The van der Waals surface area contributed by atoms with Crippen molar-refractivity contribution >= 4 is 29.7 Å². The molecule has 2 heterocycles. The second kappa shape index (κ2) is 5.34. The van der Waals surface area contributed by atoms with Gasteiger partial charge in [-0.05, 0) is 24.3 Å². The van der Waals surface area contributed by atoms with E-state index in [9.17, 15) is 24.0 Å². The van der Waals surface area contributed by atoms with E-state index < -0.39 is 29.7 Å². The van der Waals surface area contributed by atoms with E-state index >= 15 is 0 Å². The van der Waals surface area contributed by atoms with Crippen molar-refractivity contribution in [3.05, 3.63) is 59.3 Å². The topological polar surface area (TPSA) is 113 Å². The van der Waals surface area contributed by atoms with Gasteiger partial charge in [0.05, 0.1) is 11.1 Å². The molecular formula is C15H9N3O5. The van der Waals surface area contributed by atoms with Crippen molar-refractivity contribution < 1.29 is 24.0 Å². The van der Waals surface area contributed by atoms with Crippen LogP contribution in [-0.4, -0.2) is 34.6 Å². The highest BCUT2D eigenvalue weighted by molar-refractivity contribution is 6.29. The number of fused-ring (bicyclic) bond motifs is 1. The predicted octanol–water partition coefficient (Wildman–Crippen LogP) is 0.0887. The van der Waals surface area contributed by atoms with Gasteiger partial charge in [0.1, 0.15) is 5.57 Å². The second-order valence-electron chi connectivity index (χ2n) is 4.69. The van der Waals surface area contributed by atoms with Gasteiger partial charge in [-0.15, -0.1) is 0 Å². The molecule has 0 bridgehead atoms. The molecule has 3 rings (SSSR count). The highest BCUT2D eigenvalue weighted by atomic mass is 16.2. The number of carbonyl (C=O) groups excluding carboxylic acids is 5. The average molecular weight is 311 g/mol. The Morgan fingerprint density at radius 1 is 0.826 bits per heavy atom. The van der Waals surface area contributed by atoms with E-state index in [1.807, 2.05) is 10.6 Å². The monoisotopic (exact) mass is 311 g/mol. The van der Waals surface area contributed by atoms with Gasteiger partial charge in [-0.2, -0.15) is 0 Å². The third kappa shape index (κ3) is 2.42. The Kier molecular flexibility index (Phi) is 3.34. The normalized spacial score (nSPS) is 17.5. The van der Waals surface area contributed by atoms with Crippen molar-refractivity contribution in [2.75, 3.05) is 0 Å². The Labute approximate surface area is 129 Å². The minimum Gasteiger partial charge on any atom is -0.273 e. The molecule has 8 nitrogen and oxygen atoms in total. The number of urea groups is 1. The summed E-state index contributed by atoms with van der Waals surface area (Å²) in [5, 5.41) is 3.82. The molecule has 23 heavy (non-hydrogen) atoms. The Hall–Kier alpha value is -3.55. The lowest BCUT2D eigenvalue weighted by atomic mass is 10.1. The number of rotatable bonds is 2. The third-order valence-corrected chi connectivity index (χ3v) is 3.27. The zero-order valence-electron chi connectivity index (χ0n) is 11.5. The second-order valence-corrected chi connectivity index (χ2v) is 4.69. The number of carbonyl (C=O) groups is 5. The minimum atomic E-state index is -0.901. The Morgan fingerprint density at radius 2 is 1.35 bits per heavy atom. The fraction of sp³-hybridized carbons (Fsp3) is 0. The summed E-state index contributed by atoms with van der Waals surface area (Å²) in [7, 11) is 0. The van der Waals surface area contributed by atoms with E-state index in [-0.39, 0.29) is 16.7 Å². The van der Waals surface area contributed by atoms with E-state index in [0.717, 1.165) is 17.2 Å². The maximum atomic E-state index is 12.1. The molecule has 0 atom stereocenters. The van der Waals surface area contributed by atoms with E-state index in [0.29, 0.717) is 0 Å². The van der Waals surface area contributed by atoms with Crippen LogP contribution in [0.25, 0.3) is 0 Å². The van der Waals surface area contributed by atoms with Crippen LogP contribution in [0.1, 0.15) is 20.7 Å². The first kappa shape index (κ1) is 14.4. The van der Waals surface area contributed by atoms with Gasteiger partial charge in [-0.25, -0.2) is 9.69 Å². The molecule has 1 fully saturated rings. The van der Waals surface area contributed by atoms with Gasteiger partial charge in [0.25, 0.3) is 23.6 Å². The molecule has 0 saturated carbocycles. The zero-order chi connectivity index (χ0) is 16.6. The molecule has 0 aliphatic carbocycles. The van der Waals surface area contributed by atoms with Crippen molar-refractivity contribution in [1.29, 1.82) is 0 Å². The number of imide groups is 3. The minimum absolute atomic E-state index is 0.286. The number of benzene rings is 1. The van der Waals surface area contributed by atoms with Crippen LogP contribution < -0.4 is 10.6 Å². The molecule has 1 saturated heterocycles. The van der Waals surface area contributed by atoms with Crippen LogP contribution in [0.5, 0.6) is 0 Å². The molecule has 0 aromatic heterocycles. The molecule has 2 aliphatic rings. The predicted molar refractivity (Wildman–Crippen MR) is 75.8 cm³/mol. The Balaban J connectivity index is 1.82. The molecule has 114 valence electrons. The van der Waals surface area contributed by atoms with Gasteiger partial charge >= 0.3 is 6.03 Å². The lowest BCUT2D eigenvalue weighted by Gasteiger charge is -2.13. The molecule has 0 unspecified atom stereocenters. The number of hydrogen-bond acceptors (Lipinski definition) is 5. The SMILES string of the molecule is O=C1NC(=O)C(=C/C=C/N2C(=O)c3ccccc3C2=O)C(=O)N1. The summed E-state index contributed by atoms with van der Waals surface area (Å²) in [6, 6.07) is 5.46. The molecule has 2 N–H and O–H groups in total. The Morgan fingerprint density at radius 3 is 1.87 bits per heavy atom. The van der Waals surface area contributed by atoms with Crippen LogP contribution in [0.3, 0.4) is 0 Å². The molecule has 8 heteroatoms. The summed E-state index contributed by atoms with van der Waals surface area (Å²) in [6.07, 6.45) is 3.49. The van der Waals surface area contributed by atoms with Crippen molar-refractivity contribution in [3.8, 4) is 0 Å². The number of amides is 6. The summed E-state index contributed by atoms with van der Waals surface area (Å²) in [6.45, 7) is 0. The smallest absolute Gasteiger partial charge is 0.273 e. The van der Waals surface area contributed by atoms with Crippen molar-refractivity contribution in [2.45, 2.75) is 0 Å².